The van der Waals surface area contributed by atoms with Crippen LogP contribution in [0.3, 0.4) is 0 Å². The van der Waals surface area contributed by atoms with Gasteiger partial charge in [-0.15, -0.1) is 21.5 Å². The van der Waals surface area contributed by atoms with Gasteiger partial charge in [0.25, 0.3) is 5.89 Å². The fourth-order valence-corrected chi connectivity index (χ4v) is 4.30. The Bertz CT molecular complexity index is 891. The first-order valence-electron chi connectivity index (χ1n) is 8.88. The van der Waals surface area contributed by atoms with Crippen LogP contribution in [0, 0.1) is 0 Å². The van der Waals surface area contributed by atoms with E-state index in [9.17, 15) is 0 Å². The Morgan fingerprint density at radius 3 is 2.67 bits per heavy atom. The number of hydrogen-bond acceptors (Lipinski definition) is 6. The molecule has 142 valence electrons. The fourth-order valence-electron chi connectivity index (χ4n) is 3.28. The maximum atomic E-state index is 6.32. The molecule has 1 saturated heterocycles. The molecular weight excluding hydrogens is 403 g/mol. The van der Waals surface area contributed by atoms with Gasteiger partial charge in [0.1, 0.15) is 0 Å². The van der Waals surface area contributed by atoms with Gasteiger partial charge in [-0.1, -0.05) is 41.4 Å². The Morgan fingerprint density at radius 2 is 1.93 bits per heavy atom. The van der Waals surface area contributed by atoms with Crippen LogP contribution in [0.2, 0.25) is 10.0 Å². The molecule has 1 aliphatic rings. The molecule has 0 spiro atoms. The number of halogens is 2. The Hall–Kier alpha value is -1.44. The molecule has 0 aliphatic carbocycles. The second-order valence-corrected chi connectivity index (χ2v) is 8.36. The maximum absolute atomic E-state index is 6.32. The number of piperazine rings is 1. The Morgan fingerprint density at radius 1 is 1.11 bits per heavy atom. The van der Waals surface area contributed by atoms with Crippen LogP contribution in [0.4, 0.5) is 0 Å². The molecule has 0 saturated carbocycles. The normalized spacial score (nSPS) is 17.3. The molecule has 3 heterocycles. The van der Waals surface area contributed by atoms with Crippen molar-refractivity contribution in [3.05, 3.63) is 57.2 Å². The highest BCUT2D eigenvalue weighted by atomic mass is 35.5. The van der Waals surface area contributed by atoms with Crippen LogP contribution < -0.4 is 0 Å². The lowest BCUT2D eigenvalue weighted by atomic mass is 10.1. The minimum atomic E-state index is 0.100. The van der Waals surface area contributed by atoms with Crippen molar-refractivity contribution in [2.24, 2.45) is 0 Å². The third-order valence-electron chi connectivity index (χ3n) is 4.91. The van der Waals surface area contributed by atoms with Crippen molar-refractivity contribution >= 4 is 34.5 Å². The molecule has 0 amide bonds. The summed E-state index contributed by atoms with van der Waals surface area (Å²) in [6.45, 7) is 6.73. The second-order valence-electron chi connectivity index (χ2n) is 6.62. The quantitative estimate of drug-likeness (QED) is 0.579. The molecule has 5 nitrogen and oxygen atoms in total. The lowest BCUT2D eigenvalue weighted by Gasteiger charge is -2.37. The molecule has 4 rings (SSSR count). The number of hydrogen-bond donors (Lipinski definition) is 0. The van der Waals surface area contributed by atoms with Crippen molar-refractivity contribution in [3.8, 4) is 10.8 Å². The summed E-state index contributed by atoms with van der Waals surface area (Å²) in [6, 6.07) is 9.88. The average Bonchev–Trinajstić information content (AvgIpc) is 3.37. The predicted octanol–water partition coefficient (Wildman–Crippen LogP) is 4.98. The van der Waals surface area contributed by atoms with Gasteiger partial charge in [0, 0.05) is 32.7 Å². The van der Waals surface area contributed by atoms with Gasteiger partial charge in [0.15, 0.2) is 0 Å². The van der Waals surface area contributed by atoms with E-state index in [1.807, 2.05) is 35.7 Å². The Labute approximate surface area is 172 Å². The first-order valence-corrected chi connectivity index (χ1v) is 10.5. The lowest BCUT2D eigenvalue weighted by molar-refractivity contribution is 0.0876. The van der Waals surface area contributed by atoms with Crippen LogP contribution in [0.1, 0.15) is 24.4 Å². The maximum Gasteiger partial charge on any atom is 0.257 e. The highest BCUT2D eigenvalue weighted by Gasteiger charge is 2.26. The molecule has 0 bridgehead atoms. The zero-order chi connectivity index (χ0) is 18.8. The van der Waals surface area contributed by atoms with Crippen LogP contribution >= 0.6 is 34.5 Å². The first kappa shape index (κ1) is 18.9. The third-order valence-corrected chi connectivity index (χ3v) is 6.63. The van der Waals surface area contributed by atoms with Crippen LogP contribution in [-0.2, 0) is 6.54 Å². The van der Waals surface area contributed by atoms with E-state index >= 15 is 0 Å². The molecule has 2 aromatic heterocycles. The monoisotopic (exact) mass is 422 g/mol. The molecule has 1 unspecified atom stereocenters. The van der Waals surface area contributed by atoms with Gasteiger partial charge >= 0.3 is 0 Å². The predicted molar refractivity (Wildman–Crippen MR) is 109 cm³/mol. The van der Waals surface area contributed by atoms with Crippen molar-refractivity contribution in [1.29, 1.82) is 0 Å². The smallest absolute Gasteiger partial charge is 0.257 e. The third kappa shape index (κ3) is 4.20. The number of aromatic nitrogens is 2. The van der Waals surface area contributed by atoms with Crippen LogP contribution in [-0.4, -0.2) is 46.2 Å². The molecule has 8 heteroatoms. The Kier molecular flexibility index (Phi) is 5.80. The summed E-state index contributed by atoms with van der Waals surface area (Å²) >= 11 is 14.0. The first-order chi connectivity index (χ1) is 13.1. The van der Waals surface area contributed by atoms with Gasteiger partial charge in [0.05, 0.1) is 21.0 Å². The molecule has 3 aromatic rings. The van der Waals surface area contributed by atoms with Gasteiger partial charge in [-0.05, 0) is 30.0 Å². The Balaban J connectivity index is 1.35. The number of rotatable bonds is 5. The largest absolute Gasteiger partial charge is 0.418 e. The molecule has 1 aromatic carbocycles. The van der Waals surface area contributed by atoms with Gasteiger partial charge in [-0.25, -0.2) is 0 Å². The molecule has 0 N–H and O–H groups in total. The van der Waals surface area contributed by atoms with E-state index in [1.165, 1.54) is 0 Å². The zero-order valence-electron chi connectivity index (χ0n) is 14.9. The van der Waals surface area contributed by atoms with E-state index in [0.29, 0.717) is 21.8 Å². The SMILES string of the molecule is CC(c1nnc(-c2cccs2)o1)N1CCN(Cc2cccc(Cl)c2Cl)CC1. The van der Waals surface area contributed by atoms with E-state index in [2.05, 4.69) is 26.9 Å². The van der Waals surface area contributed by atoms with Gasteiger partial charge in [-0.2, -0.15) is 0 Å². The van der Waals surface area contributed by atoms with E-state index in [4.69, 9.17) is 27.6 Å². The highest BCUT2D eigenvalue weighted by Crippen LogP contribution is 2.29. The second kappa shape index (κ2) is 8.29. The number of thiophene rings is 1. The van der Waals surface area contributed by atoms with Crippen molar-refractivity contribution in [2.75, 3.05) is 26.2 Å². The van der Waals surface area contributed by atoms with Crippen molar-refractivity contribution < 1.29 is 4.42 Å². The fraction of sp³-hybridized carbons (Fsp3) is 0.368. The summed E-state index contributed by atoms with van der Waals surface area (Å²) in [5.41, 5.74) is 1.07. The van der Waals surface area contributed by atoms with Crippen LogP contribution in [0.15, 0.2) is 40.1 Å². The molecule has 1 atom stereocenters. The molecule has 1 fully saturated rings. The molecule has 0 radical (unpaired) electrons. The summed E-state index contributed by atoms with van der Waals surface area (Å²) in [7, 11) is 0. The summed E-state index contributed by atoms with van der Waals surface area (Å²) in [6.07, 6.45) is 0. The van der Waals surface area contributed by atoms with E-state index in [-0.39, 0.29) is 6.04 Å². The minimum absolute atomic E-state index is 0.100. The van der Waals surface area contributed by atoms with Crippen molar-refractivity contribution in [1.82, 2.24) is 20.0 Å². The van der Waals surface area contributed by atoms with Gasteiger partial charge in [-0.3, -0.25) is 9.80 Å². The van der Waals surface area contributed by atoms with Gasteiger partial charge < -0.3 is 4.42 Å². The zero-order valence-corrected chi connectivity index (χ0v) is 17.3. The molecular formula is C19H20Cl2N4OS. The molecule has 1 aliphatic heterocycles. The summed E-state index contributed by atoms with van der Waals surface area (Å²) in [5, 5.41) is 11.7. The van der Waals surface area contributed by atoms with Crippen LogP contribution in [0.25, 0.3) is 10.8 Å². The van der Waals surface area contributed by atoms with Crippen LogP contribution in [0.5, 0.6) is 0 Å². The van der Waals surface area contributed by atoms with E-state index in [1.54, 1.807) is 11.3 Å². The topological polar surface area (TPSA) is 45.4 Å². The van der Waals surface area contributed by atoms with E-state index in [0.717, 1.165) is 43.2 Å². The minimum Gasteiger partial charge on any atom is -0.418 e. The van der Waals surface area contributed by atoms with Crippen molar-refractivity contribution in [2.45, 2.75) is 19.5 Å². The number of nitrogens with zero attached hydrogens (tertiary/aromatic N) is 4. The van der Waals surface area contributed by atoms with Crippen molar-refractivity contribution in [3.63, 3.8) is 0 Å². The standard InChI is InChI=1S/C19H20Cl2N4OS/c1-13(18-22-23-19(26-18)16-6-3-11-27-16)25-9-7-24(8-10-25)12-14-4-2-5-15(20)17(14)21/h2-6,11,13H,7-10,12H2,1H3. The molecule has 27 heavy (non-hydrogen) atoms. The van der Waals surface area contributed by atoms with Gasteiger partial charge in [0.2, 0.25) is 5.89 Å². The summed E-state index contributed by atoms with van der Waals surface area (Å²) in [5.74, 6) is 1.27. The highest BCUT2D eigenvalue weighted by molar-refractivity contribution is 7.13. The number of benzene rings is 1. The summed E-state index contributed by atoms with van der Waals surface area (Å²) < 4.78 is 5.90. The summed E-state index contributed by atoms with van der Waals surface area (Å²) in [4.78, 5) is 5.78. The average molecular weight is 423 g/mol. The lowest BCUT2D eigenvalue weighted by Crippen LogP contribution is -2.46. The van der Waals surface area contributed by atoms with E-state index < -0.39 is 0 Å².